The van der Waals surface area contributed by atoms with Crippen LogP contribution < -0.4 is 5.32 Å². The van der Waals surface area contributed by atoms with Gasteiger partial charge in [0.2, 0.25) is 5.91 Å². The predicted octanol–water partition coefficient (Wildman–Crippen LogP) is 2.63. The van der Waals surface area contributed by atoms with Gasteiger partial charge in [0.05, 0.1) is 12.0 Å². The van der Waals surface area contributed by atoms with E-state index in [9.17, 15) is 14.4 Å². The van der Waals surface area contributed by atoms with E-state index in [1.54, 1.807) is 18.7 Å². The number of thioether (sulfide) groups is 2. The van der Waals surface area contributed by atoms with E-state index in [1.807, 2.05) is 6.26 Å². The molecular formula is C16H27NO4S2. The Balaban J connectivity index is 2.76. The lowest BCUT2D eigenvalue weighted by molar-refractivity contribution is -0.148. The molecule has 7 heteroatoms. The van der Waals surface area contributed by atoms with Gasteiger partial charge in [0, 0.05) is 12.7 Å². The molecule has 0 radical (unpaired) electrons. The molecule has 5 nitrogen and oxygen atoms in total. The number of ether oxygens (including phenoxy) is 1. The highest BCUT2D eigenvalue weighted by Gasteiger charge is 2.42. The fourth-order valence-corrected chi connectivity index (χ4v) is 4.14. The van der Waals surface area contributed by atoms with Crippen molar-refractivity contribution in [3.63, 3.8) is 0 Å². The van der Waals surface area contributed by atoms with E-state index in [0.29, 0.717) is 18.8 Å². The van der Waals surface area contributed by atoms with Gasteiger partial charge in [-0.1, -0.05) is 24.6 Å². The third kappa shape index (κ3) is 6.37. The first-order valence-electron chi connectivity index (χ1n) is 8.05. The van der Waals surface area contributed by atoms with Crippen molar-refractivity contribution in [3.8, 4) is 0 Å². The highest BCUT2D eigenvalue weighted by atomic mass is 32.2. The lowest BCUT2D eigenvalue weighted by atomic mass is 9.87. The molecule has 0 bridgehead atoms. The van der Waals surface area contributed by atoms with Gasteiger partial charge in [-0.05, 0) is 38.2 Å². The van der Waals surface area contributed by atoms with Gasteiger partial charge >= 0.3 is 5.97 Å². The smallest absolute Gasteiger partial charge is 0.328 e. The van der Waals surface area contributed by atoms with Crippen LogP contribution in [0.2, 0.25) is 0 Å². The maximum absolute atomic E-state index is 12.8. The molecule has 0 saturated heterocycles. The van der Waals surface area contributed by atoms with E-state index in [1.165, 1.54) is 18.7 Å². The quantitative estimate of drug-likeness (QED) is 0.637. The van der Waals surface area contributed by atoms with Gasteiger partial charge in [-0.15, -0.1) is 0 Å². The summed E-state index contributed by atoms with van der Waals surface area (Å²) in [7, 11) is 0. The lowest BCUT2D eigenvalue weighted by Crippen LogP contribution is -2.49. The maximum Gasteiger partial charge on any atom is 0.328 e. The predicted molar refractivity (Wildman–Crippen MR) is 95.6 cm³/mol. The van der Waals surface area contributed by atoms with Gasteiger partial charge in [0.15, 0.2) is 5.12 Å². The lowest BCUT2D eigenvalue weighted by Gasteiger charge is -2.29. The van der Waals surface area contributed by atoms with E-state index in [0.717, 1.165) is 31.4 Å². The minimum atomic E-state index is -0.602. The summed E-state index contributed by atoms with van der Waals surface area (Å²) in [5.74, 6) is 0.788. The standard InChI is InChI=1S/C16H27NO4S2/c1-4-21-14(19)13(7-10-22-3)17-15(20)16(8-5-6-9-16)11-23-12(2)18/h13H,4-11H2,1-3H3,(H,17,20)/t13-/m0/s1. The Kier molecular flexibility index (Phi) is 9.06. The van der Waals surface area contributed by atoms with Crippen molar-refractivity contribution in [1.29, 1.82) is 0 Å². The Morgan fingerprint density at radius 2 is 1.91 bits per heavy atom. The molecule has 1 aliphatic carbocycles. The molecule has 0 unspecified atom stereocenters. The van der Waals surface area contributed by atoms with Gasteiger partial charge in [0.25, 0.3) is 0 Å². The second-order valence-corrected chi connectivity index (χ2v) is 7.97. The van der Waals surface area contributed by atoms with Crippen molar-refractivity contribution in [2.45, 2.75) is 52.0 Å². The third-order valence-corrected chi connectivity index (χ3v) is 5.83. The SMILES string of the molecule is CCOC(=O)[C@H](CCSC)NC(=O)C1(CSC(C)=O)CCCC1. The molecule has 23 heavy (non-hydrogen) atoms. The maximum atomic E-state index is 12.8. The van der Waals surface area contributed by atoms with Gasteiger partial charge in [-0.2, -0.15) is 11.8 Å². The zero-order chi connectivity index (χ0) is 17.3. The first kappa shape index (κ1) is 20.4. The molecule has 0 heterocycles. The first-order chi connectivity index (χ1) is 10.9. The first-order valence-corrected chi connectivity index (χ1v) is 10.4. The van der Waals surface area contributed by atoms with E-state index >= 15 is 0 Å². The van der Waals surface area contributed by atoms with Crippen LogP contribution in [0.25, 0.3) is 0 Å². The Labute approximate surface area is 147 Å². The van der Waals surface area contributed by atoms with Crippen molar-refractivity contribution in [3.05, 3.63) is 0 Å². The van der Waals surface area contributed by atoms with Crippen molar-refractivity contribution < 1.29 is 19.1 Å². The summed E-state index contributed by atoms with van der Waals surface area (Å²) in [4.78, 5) is 36.2. The number of amides is 1. The van der Waals surface area contributed by atoms with Gasteiger partial charge < -0.3 is 10.1 Å². The van der Waals surface area contributed by atoms with Gasteiger partial charge in [-0.3, -0.25) is 9.59 Å². The van der Waals surface area contributed by atoms with E-state index in [-0.39, 0.29) is 17.0 Å². The van der Waals surface area contributed by atoms with Crippen molar-refractivity contribution in [1.82, 2.24) is 5.32 Å². The second-order valence-electron chi connectivity index (χ2n) is 5.83. The molecular weight excluding hydrogens is 334 g/mol. The fourth-order valence-electron chi connectivity index (χ4n) is 2.77. The fraction of sp³-hybridized carbons (Fsp3) is 0.812. The van der Waals surface area contributed by atoms with Crippen LogP contribution in [0.4, 0.5) is 0 Å². The number of hydrogen-bond acceptors (Lipinski definition) is 6. The molecule has 1 N–H and O–H groups in total. The molecule has 1 saturated carbocycles. The molecule has 0 aliphatic heterocycles. The van der Waals surface area contributed by atoms with Crippen LogP contribution in [-0.4, -0.2) is 47.4 Å². The normalized spacial score (nSPS) is 17.5. The van der Waals surface area contributed by atoms with E-state index in [4.69, 9.17) is 4.74 Å². The van der Waals surface area contributed by atoms with Crippen LogP contribution in [0.5, 0.6) is 0 Å². The average Bonchev–Trinajstić information content (AvgIpc) is 2.99. The Hall–Kier alpha value is -0.690. The van der Waals surface area contributed by atoms with Crippen LogP contribution in [0.15, 0.2) is 0 Å². The van der Waals surface area contributed by atoms with Crippen molar-refractivity contribution in [2.24, 2.45) is 5.41 Å². The van der Waals surface area contributed by atoms with Crippen molar-refractivity contribution in [2.75, 3.05) is 24.4 Å². The highest BCUT2D eigenvalue weighted by molar-refractivity contribution is 8.13. The summed E-state index contributed by atoms with van der Waals surface area (Å²) in [5, 5.41) is 2.91. The zero-order valence-corrected chi connectivity index (χ0v) is 15.8. The summed E-state index contributed by atoms with van der Waals surface area (Å²) in [6, 6.07) is -0.602. The molecule has 1 amide bonds. The highest BCUT2D eigenvalue weighted by Crippen LogP contribution is 2.41. The number of nitrogens with one attached hydrogen (secondary N) is 1. The average molecular weight is 362 g/mol. The van der Waals surface area contributed by atoms with Crippen LogP contribution >= 0.6 is 23.5 Å². The molecule has 0 aromatic carbocycles. The Morgan fingerprint density at radius 3 is 2.43 bits per heavy atom. The van der Waals surface area contributed by atoms with Gasteiger partial charge in [-0.25, -0.2) is 4.79 Å². The van der Waals surface area contributed by atoms with Crippen LogP contribution in [0.3, 0.4) is 0 Å². The van der Waals surface area contributed by atoms with E-state index in [2.05, 4.69) is 5.32 Å². The Bertz CT molecular complexity index is 422. The second kappa shape index (κ2) is 10.2. The number of carbonyl (C=O) groups excluding carboxylic acids is 3. The summed E-state index contributed by atoms with van der Waals surface area (Å²) < 4.78 is 5.07. The molecule has 1 atom stereocenters. The number of esters is 1. The molecule has 1 fully saturated rings. The number of hydrogen-bond donors (Lipinski definition) is 1. The van der Waals surface area contributed by atoms with E-state index < -0.39 is 11.5 Å². The Morgan fingerprint density at radius 1 is 1.26 bits per heavy atom. The number of rotatable bonds is 9. The number of carbonyl (C=O) groups is 3. The third-order valence-electron chi connectivity index (χ3n) is 4.08. The monoisotopic (exact) mass is 361 g/mol. The molecule has 0 aromatic rings. The largest absolute Gasteiger partial charge is 0.464 e. The topological polar surface area (TPSA) is 72.5 Å². The van der Waals surface area contributed by atoms with Crippen LogP contribution in [0.1, 0.15) is 46.0 Å². The van der Waals surface area contributed by atoms with Crippen LogP contribution in [-0.2, 0) is 19.1 Å². The molecule has 132 valence electrons. The molecule has 1 rings (SSSR count). The summed E-state index contributed by atoms with van der Waals surface area (Å²) in [5.41, 5.74) is -0.527. The van der Waals surface area contributed by atoms with Gasteiger partial charge in [0.1, 0.15) is 6.04 Å². The zero-order valence-electron chi connectivity index (χ0n) is 14.2. The minimum absolute atomic E-state index is 0.0217. The summed E-state index contributed by atoms with van der Waals surface area (Å²) in [6.07, 6.45) is 6.05. The van der Waals surface area contributed by atoms with Crippen LogP contribution in [0, 0.1) is 5.41 Å². The van der Waals surface area contributed by atoms with Crippen molar-refractivity contribution >= 4 is 40.5 Å². The molecule has 0 spiro atoms. The molecule has 1 aliphatic rings. The minimum Gasteiger partial charge on any atom is -0.464 e. The summed E-state index contributed by atoms with van der Waals surface area (Å²) >= 11 is 2.83. The summed E-state index contributed by atoms with van der Waals surface area (Å²) in [6.45, 7) is 3.58. The molecule has 0 aromatic heterocycles.